The summed E-state index contributed by atoms with van der Waals surface area (Å²) in [4.78, 5) is 39.9. The Labute approximate surface area is 237 Å². The van der Waals surface area contributed by atoms with Crippen molar-refractivity contribution in [2.75, 3.05) is 31.1 Å². The SMILES string of the molecule is CC(C)[C@H]1NCCNC1=O.Cc1ccnc(N2CCNC(=O)[C@H]2C(C)C)n1.Cl.FC(F)(F)c1ccnc(Cl)n1. The van der Waals surface area contributed by atoms with Gasteiger partial charge >= 0.3 is 6.18 Å². The van der Waals surface area contributed by atoms with E-state index in [1.54, 1.807) is 6.20 Å². The van der Waals surface area contributed by atoms with Gasteiger partial charge in [0.05, 0.1) is 6.04 Å². The first kappa shape index (κ1) is 34.3. The lowest BCUT2D eigenvalue weighted by Crippen LogP contribution is -2.58. The molecule has 0 unspecified atom stereocenters. The van der Waals surface area contributed by atoms with E-state index in [1.807, 2.05) is 45.6 Å². The minimum absolute atomic E-state index is 0. The lowest BCUT2D eigenvalue weighted by atomic mass is 10.00. The number of nitrogens with zero attached hydrogens (tertiary/aromatic N) is 5. The van der Waals surface area contributed by atoms with Gasteiger partial charge in [0.1, 0.15) is 11.7 Å². The van der Waals surface area contributed by atoms with Gasteiger partial charge < -0.3 is 20.9 Å². The van der Waals surface area contributed by atoms with Crippen LogP contribution in [0.3, 0.4) is 0 Å². The highest BCUT2D eigenvalue weighted by Crippen LogP contribution is 2.27. The van der Waals surface area contributed by atoms with E-state index < -0.39 is 17.2 Å². The summed E-state index contributed by atoms with van der Waals surface area (Å²) in [7, 11) is 0. The molecule has 2 saturated heterocycles. The molecule has 4 rings (SSSR count). The molecule has 0 radical (unpaired) electrons. The Bertz CT molecular complexity index is 1080. The van der Waals surface area contributed by atoms with Gasteiger partial charge in [0.25, 0.3) is 0 Å². The van der Waals surface area contributed by atoms with Crippen LogP contribution in [0.5, 0.6) is 0 Å². The Balaban J connectivity index is 0.000000303. The van der Waals surface area contributed by atoms with E-state index in [0.29, 0.717) is 18.4 Å². The molecule has 2 aromatic rings. The quantitative estimate of drug-likeness (QED) is 0.463. The van der Waals surface area contributed by atoms with Crippen molar-refractivity contribution in [2.45, 2.75) is 52.9 Å². The van der Waals surface area contributed by atoms with Crippen molar-refractivity contribution in [3.05, 3.63) is 41.2 Å². The minimum Gasteiger partial charge on any atom is -0.353 e. The Hall–Kier alpha value is -2.77. The van der Waals surface area contributed by atoms with Crippen molar-refractivity contribution in [1.29, 1.82) is 0 Å². The summed E-state index contributed by atoms with van der Waals surface area (Å²) in [6.45, 7) is 13.2. The standard InChI is InChI=1S/C12H18N4O.C7H14N2O.C5H2ClF3N2.ClH/c1-8(2)10-11(17)13-6-7-16(10)12-14-5-4-9(3)15-12;1-5(2)6-7(10)9-4-3-8-6;6-4-10-2-1-3(11-4)5(7,8)9;/h4-5,8,10H,6-7H2,1-3H3,(H,13,17);5-6,8H,3-4H2,1-2H3,(H,9,10);1-2H;1H/t10-;6-;;/m11../s1. The molecule has 15 heteroatoms. The van der Waals surface area contributed by atoms with E-state index in [4.69, 9.17) is 11.6 Å². The molecule has 0 aromatic carbocycles. The predicted molar refractivity (Wildman–Crippen MR) is 145 cm³/mol. The summed E-state index contributed by atoms with van der Waals surface area (Å²) >= 11 is 5.13. The van der Waals surface area contributed by atoms with Crippen molar-refractivity contribution in [3.8, 4) is 0 Å². The van der Waals surface area contributed by atoms with Crippen molar-refractivity contribution >= 4 is 41.8 Å². The molecule has 0 bridgehead atoms. The number of hydrogen-bond donors (Lipinski definition) is 3. The smallest absolute Gasteiger partial charge is 0.353 e. The summed E-state index contributed by atoms with van der Waals surface area (Å²) < 4.78 is 35.5. The number of rotatable bonds is 3. The molecule has 0 aliphatic carbocycles. The van der Waals surface area contributed by atoms with Crippen molar-refractivity contribution < 1.29 is 22.8 Å². The number of carbonyl (C=O) groups is 2. The average Bonchev–Trinajstić information content (AvgIpc) is 2.84. The van der Waals surface area contributed by atoms with Crippen LogP contribution < -0.4 is 20.9 Å². The molecular formula is C24H35Cl2F3N8O2. The summed E-state index contributed by atoms with van der Waals surface area (Å²) in [6.07, 6.45) is -1.76. The van der Waals surface area contributed by atoms with E-state index in [9.17, 15) is 22.8 Å². The second-order valence-electron chi connectivity index (χ2n) is 9.35. The summed E-state index contributed by atoms with van der Waals surface area (Å²) in [6, 6.07) is 2.46. The highest BCUT2D eigenvalue weighted by Gasteiger charge is 2.34. The molecule has 218 valence electrons. The number of halogens is 5. The second kappa shape index (κ2) is 15.7. The summed E-state index contributed by atoms with van der Waals surface area (Å²) in [5.41, 5.74) is -0.110. The lowest BCUT2D eigenvalue weighted by Gasteiger charge is -2.37. The predicted octanol–water partition coefficient (Wildman–Crippen LogP) is 3.05. The van der Waals surface area contributed by atoms with Crippen LogP contribution in [0.1, 0.15) is 39.1 Å². The largest absolute Gasteiger partial charge is 0.433 e. The Kier molecular flexibility index (Phi) is 13.8. The first-order valence-corrected chi connectivity index (χ1v) is 12.6. The molecular weight excluding hydrogens is 560 g/mol. The molecule has 4 heterocycles. The van der Waals surface area contributed by atoms with Gasteiger partial charge in [-0.05, 0) is 42.5 Å². The number of amides is 2. The Morgan fingerprint density at radius 3 is 2.08 bits per heavy atom. The maximum Gasteiger partial charge on any atom is 0.433 e. The number of piperazine rings is 2. The van der Waals surface area contributed by atoms with Crippen LogP contribution in [0.4, 0.5) is 19.1 Å². The van der Waals surface area contributed by atoms with Gasteiger partial charge in [-0.1, -0.05) is 27.7 Å². The highest BCUT2D eigenvalue weighted by atomic mass is 35.5. The average molecular weight is 595 g/mol. The molecule has 0 saturated carbocycles. The third kappa shape index (κ3) is 10.7. The number of carbonyl (C=O) groups excluding carboxylic acids is 2. The number of anilines is 1. The molecule has 3 N–H and O–H groups in total. The maximum absolute atomic E-state index is 11.9. The summed E-state index contributed by atoms with van der Waals surface area (Å²) in [5, 5.41) is 8.46. The van der Waals surface area contributed by atoms with Gasteiger partial charge in [-0.2, -0.15) is 13.2 Å². The number of aryl methyl sites for hydroxylation is 1. The van der Waals surface area contributed by atoms with E-state index in [1.165, 1.54) is 0 Å². The molecule has 2 atom stereocenters. The number of aromatic nitrogens is 4. The Morgan fingerprint density at radius 1 is 0.949 bits per heavy atom. The van der Waals surface area contributed by atoms with Crippen LogP contribution >= 0.6 is 24.0 Å². The van der Waals surface area contributed by atoms with Crippen molar-refractivity contribution in [3.63, 3.8) is 0 Å². The van der Waals surface area contributed by atoms with Crippen molar-refractivity contribution in [1.82, 2.24) is 35.9 Å². The van der Waals surface area contributed by atoms with Crippen LogP contribution in [0.25, 0.3) is 0 Å². The van der Waals surface area contributed by atoms with Crippen LogP contribution in [0.2, 0.25) is 5.28 Å². The maximum atomic E-state index is 11.9. The third-order valence-corrected chi connectivity index (χ3v) is 5.76. The van der Waals surface area contributed by atoms with Crippen molar-refractivity contribution in [2.24, 2.45) is 11.8 Å². The molecule has 0 spiro atoms. The zero-order chi connectivity index (χ0) is 28.5. The number of nitrogens with one attached hydrogen (secondary N) is 3. The first-order valence-electron chi connectivity index (χ1n) is 12.2. The topological polar surface area (TPSA) is 125 Å². The third-order valence-electron chi connectivity index (χ3n) is 5.58. The molecule has 39 heavy (non-hydrogen) atoms. The van der Waals surface area contributed by atoms with E-state index in [-0.39, 0.29) is 42.2 Å². The molecule has 2 fully saturated rings. The number of hydrogen-bond acceptors (Lipinski definition) is 8. The fourth-order valence-corrected chi connectivity index (χ4v) is 3.94. The zero-order valence-corrected chi connectivity index (χ0v) is 24.0. The van der Waals surface area contributed by atoms with Gasteiger partial charge in [-0.3, -0.25) is 9.59 Å². The molecule has 2 aliphatic rings. The minimum atomic E-state index is -4.45. The molecule has 2 aromatic heterocycles. The second-order valence-corrected chi connectivity index (χ2v) is 9.68. The monoisotopic (exact) mass is 594 g/mol. The van der Waals surface area contributed by atoms with E-state index >= 15 is 0 Å². The van der Waals surface area contributed by atoms with Gasteiger partial charge in [0, 0.05) is 44.3 Å². The number of alkyl halides is 3. The highest BCUT2D eigenvalue weighted by molar-refractivity contribution is 6.28. The fraction of sp³-hybridized carbons (Fsp3) is 0.583. The zero-order valence-electron chi connectivity index (χ0n) is 22.4. The fourth-order valence-electron chi connectivity index (χ4n) is 3.79. The van der Waals surface area contributed by atoms with Gasteiger partial charge in [0.2, 0.25) is 23.0 Å². The van der Waals surface area contributed by atoms with Gasteiger partial charge in [0.15, 0.2) is 0 Å². The van der Waals surface area contributed by atoms with Crippen LogP contribution in [-0.2, 0) is 15.8 Å². The first-order chi connectivity index (χ1) is 17.8. The van der Waals surface area contributed by atoms with Crippen LogP contribution in [-0.4, -0.2) is 70.0 Å². The van der Waals surface area contributed by atoms with Gasteiger partial charge in [-0.15, -0.1) is 12.4 Å². The van der Waals surface area contributed by atoms with Crippen LogP contribution in [0.15, 0.2) is 24.5 Å². The summed E-state index contributed by atoms with van der Waals surface area (Å²) in [5.74, 6) is 1.48. The lowest BCUT2D eigenvalue weighted by molar-refractivity contribution is -0.141. The van der Waals surface area contributed by atoms with E-state index in [2.05, 4.69) is 35.9 Å². The normalized spacial score (nSPS) is 19.1. The van der Waals surface area contributed by atoms with Gasteiger partial charge in [-0.25, -0.2) is 19.9 Å². The molecule has 2 amide bonds. The molecule has 2 aliphatic heterocycles. The van der Waals surface area contributed by atoms with Crippen LogP contribution in [0, 0.1) is 18.8 Å². The Morgan fingerprint density at radius 2 is 1.59 bits per heavy atom. The van der Waals surface area contributed by atoms with E-state index in [0.717, 1.165) is 37.6 Å². The molecule has 10 nitrogen and oxygen atoms in total.